The second-order valence-electron chi connectivity index (χ2n) is 6.53. The van der Waals surface area contributed by atoms with Crippen LogP contribution in [-0.2, 0) is 6.42 Å². The summed E-state index contributed by atoms with van der Waals surface area (Å²) in [5.74, 6) is 0.521. The Hall–Kier alpha value is -1.55. The number of hydrogen-bond donors (Lipinski definition) is 1. The first-order valence-electron chi connectivity index (χ1n) is 8.17. The Balaban J connectivity index is 1.51. The van der Waals surface area contributed by atoms with Crippen LogP contribution in [0.25, 0.3) is 0 Å². The SMILES string of the molecule is O=C1N(CC2CCCc3ccccc32)CC2CNCCN12. The number of benzene rings is 1. The number of piperazine rings is 1. The molecule has 1 aromatic rings. The van der Waals surface area contributed by atoms with Gasteiger partial charge in [0.1, 0.15) is 0 Å². The number of fused-ring (bicyclic) bond motifs is 2. The summed E-state index contributed by atoms with van der Waals surface area (Å²) in [5.41, 5.74) is 2.96. The topological polar surface area (TPSA) is 35.6 Å². The number of urea groups is 1. The van der Waals surface area contributed by atoms with E-state index in [2.05, 4.69) is 39.4 Å². The van der Waals surface area contributed by atoms with Crippen molar-refractivity contribution in [3.05, 3.63) is 35.4 Å². The van der Waals surface area contributed by atoms with Crippen molar-refractivity contribution in [2.45, 2.75) is 31.2 Å². The third kappa shape index (κ3) is 2.31. The summed E-state index contributed by atoms with van der Waals surface area (Å²) >= 11 is 0. The van der Waals surface area contributed by atoms with Gasteiger partial charge in [-0.15, -0.1) is 0 Å². The standard InChI is InChI=1S/C17H23N3O/c21-17-19(12-15-10-18-8-9-20(15)17)11-14-6-3-5-13-4-1-2-7-16(13)14/h1-2,4,7,14-15,18H,3,5-6,8-12H2. The summed E-state index contributed by atoms with van der Waals surface area (Å²) in [4.78, 5) is 16.7. The van der Waals surface area contributed by atoms with Crippen LogP contribution in [-0.4, -0.2) is 54.6 Å². The minimum absolute atomic E-state index is 0.254. The summed E-state index contributed by atoms with van der Waals surface area (Å²) in [5, 5.41) is 3.40. The number of hydrogen-bond acceptors (Lipinski definition) is 2. The third-order valence-corrected chi connectivity index (χ3v) is 5.23. The zero-order chi connectivity index (χ0) is 14.2. The van der Waals surface area contributed by atoms with E-state index in [9.17, 15) is 4.79 Å². The van der Waals surface area contributed by atoms with Crippen molar-refractivity contribution in [3.8, 4) is 0 Å². The Bertz CT molecular complexity index is 545. The maximum atomic E-state index is 12.5. The smallest absolute Gasteiger partial charge is 0.320 e. The largest absolute Gasteiger partial charge is 0.322 e. The van der Waals surface area contributed by atoms with Gasteiger partial charge in [-0.2, -0.15) is 0 Å². The second-order valence-corrected chi connectivity index (χ2v) is 6.53. The van der Waals surface area contributed by atoms with Crippen molar-refractivity contribution in [3.63, 3.8) is 0 Å². The molecule has 2 saturated heterocycles. The van der Waals surface area contributed by atoms with E-state index in [-0.39, 0.29) is 6.03 Å². The maximum absolute atomic E-state index is 12.5. The number of carbonyl (C=O) groups is 1. The number of nitrogens with zero attached hydrogens (tertiary/aromatic N) is 2. The summed E-state index contributed by atoms with van der Waals surface area (Å²) in [7, 11) is 0. The molecule has 1 aromatic carbocycles. The highest BCUT2D eigenvalue weighted by molar-refractivity contribution is 5.77. The molecule has 0 saturated carbocycles. The zero-order valence-electron chi connectivity index (χ0n) is 12.4. The predicted molar refractivity (Wildman–Crippen MR) is 82.5 cm³/mol. The highest BCUT2D eigenvalue weighted by Crippen LogP contribution is 2.33. The lowest BCUT2D eigenvalue weighted by Gasteiger charge is -2.29. The van der Waals surface area contributed by atoms with Gasteiger partial charge < -0.3 is 15.1 Å². The number of nitrogens with one attached hydrogen (secondary N) is 1. The van der Waals surface area contributed by atoms with E-state index in [1.54, 1.807) is 0 Å². The normalized spacial score (nSPS) is 28.5. The second kappa shape index (κ2) is 5.34. The number of amides is 2. The molecule has 1 N–H and O–H groups in total. The van der Waals surface area contributed by atoms with Crippen molar-refractivity contribution in [1.29, 1.82) is 0 Å². The van der Waals surface area contributed by atoms with Gasteiger partial charge in [0.2, 0.25) is 0 Å². The Kier molecular flexibility index (Phi) is 3.34. The summed E-state index contributed by atoms with van der Waals surface area (Å²) in [6.45, 7) is 4.53. The molecule has 2 fully saturated rings. The van der Waals surface area contributed by atoms with Crippen LogP contribution in [0.1, 0.15) is 29.9 Å². The number of carbonyl (C=O) groups excluding carboxylic acids is 1. The maximum Gasteiger partial charge on any atom is 0.320 e. The molecule has 4 nitrogen and oxygen atoms in total. The van der Waals surface area contributed by atoms with Crippen molar-refractivity contribution in [2.75, 3.05) is 32.7 Å². The molecule has 21 heavy (non-hydrogen) atoms. The van der Waals surface area contributed by atoms with Gasteiger partial charge in [0.15, 0.2) is 0 Å². The molecule has 2 heterocycles. The van der Waals surface area contributed by atoms with Crippen LogP contribution < -0.4 is 5.32 Å². The molecule has 2 atom stereocenters. The van der Waals surface area contributed by atoms with Gasteiger partial charge in [-0.3, -0.25) is 0 Å². The van der Waals surface area contributed by atoms with Gasteiger partial charge in [0.25, 0.3) is 0 Å². The minimum Gasteiger partial charge on any atom is -0.322 e. The molecule has 0 spiro atoms. The van der Waals surface area contributed by atoms with Crippen LogP contribution in [0.5, 0.6) is 0 Å². The molecule has 0 radical (unpaired) electrons. The van der Waals surface area contributed by atoms with Gasteiger partial charge in [-0.25, -0.2) is 4.79 Å². The molecule has 2 amide bonds. The molecule has 0 aromatic heterocycles. The number of rotatable bonds is 2. The van der Waals surface area contributed by atoms with Gasteiger partial charge >= 0.3 is 6.03 Å². The Morgan fingerprint density at radius 2 is 2.19 bits per heavy atom. The van der Waals surface area contributed by atoms with Crippen LogP contribution in [0.15, 0.2) is 24.3 Å². The Morgan fingerprint density at radius 3 is 3.10 bits per heavy atom. The summed E-state index contributed by atoms with van der Waals surface area (Å²) < 4.78 is 0. The van der Waals surface area contributed by atoms with Gasteiger partial charge in [-0.1, -0.05) is 24.3 Å². The number of aryl methyl sites for hydroxylation is 1. The van der Waals surface area contributed by atoms with Crippen LogP contribution in [0, 0.1) is 0 Å². The quantitative estimate of drug-likeness (QED) is 0.899. The molecular weight excluding hydrogens is 262 g/mol. The lowest BCUT2D eigenvalue weighted by atomic mass is 9.82. The van der Waals surface area contributed by atoms with E-state index in [0.717, 1.165) is 32.7 Å². The van der Waals surface area contributed by atoms with Crippen molar-refractivity contribution >= 4 is 6.03 Å². The highest BCUT2D eigenvalue weighted by atomic mass is 16.2. The fourth-order valence-electron chi connectivity index (χ4n) is 4.15. The fraction of sp³-hybridized carbons (Fsp3) is 0.588. The summed E-state index contributed by atoms with van der Waals surface area (Å²) in [6, 6.07) is 9.41. The molecule has 2 unspecified atom stereocenters. The van der Waals surface area contributed by atoms with Gasteiger partial charge in [0.05, 0.1) is 6.04 Å². The minimum atomic E-state index is 0.254. The molecule has 112 valence electrons. The Labute approximate surface area is 126 Å². The van der Waals surface area contributed by atoms with E-state index < -0.39 is 0 Å². The lowest BCUT2D eigenvalue weighted by molar-refractivity contribution is 0.177. The van der Waals surface area contributed by atoms with Crippen LogP contribution in [0.4, 0.5) is 4.79 Å². The third-order valence-electron chi connectivity index (χ3n) is 5.23. The molecule has 3 aliphatic rings. The van der Waals surface area contributed by atoms with Gasteiger partial charge in [0, 0.05) is 38.6 Å². The first-order chi connectivity index (χ1) is 10.3. The van der Waals surface area contributed by atoms with E-state index in [4.69, 9.17) is 0 Å². The summed E-state index contributed by atoms with van der Waals surface area (Å²) in [6.07, 6.45) is 3.65. The van der Waals surface area contributed by atoms with E-state index in [0.29, 0.717) is 12.0 Å². The first kappa shape index (κ1) is 13.1. The van der Waals surface area contributed by atoms with Crippen molar-refractivity contribution in [1.82, 2.24) is 15.1 Å². The van der Waals surface area contributed by atoms with Crippen LogP contribution >= 0.6 is 0 Å². The monoisotopic (exact) mass is 285 g/mol. The Morgan fingerprint density at radius 1 is 1.29 bits per heavy atom. The molecule has 4 rings (SSSR count). The van der Waals surface area contributed by atoms with Crippen LogP contribution in [0.3, 0.4) is 0 Å². The molecule has 0 bridgehead atoms. The molecular formula is C17H23N3O. The lowest BCUT2D eigenvalue weighted by Crippen LogP contribution is -2.49. The highest BCUT2D eigenvalue weighted by Gasteiger charge is 2.39. The predicted octanol–water partition coefficient (Wildman–Crippen LogP) is 1.82. The fourth-order valence-corrected chi connectivity index (χ4v) is 4.15. The first-order valence-corrected chi connectivity index (χ1v) is 8.17. The van der Waals surface area contributed by atoms with Gasteiger partial charge in [-0.05, 0) is 30.4 Å². The van der Waals surface area contributed by atoms with Crippen molar-refractivity contribution < 1.29 is 4.79 Å². The average Bonchev–Trinajstić information content (AvgIpc) is 2.85. The van der Waals surface area contributed by atoms with Crippen molar-refractivity contribution in [2.24, 2.45) is 0 Å². The molecule has 1 aliphatic carbocycles. The molecule has 4 heteroatoms. The molecule has 2 aliphatic heterocycles. The van der Waals surface area contributed by atoms with E-state index in [1.165, 1.54) is 30.4 Å². The van der Waals surface area contributed by atoms with Crippen LogP contribution in [0.2, 0.25) is 0 Å². The van der Waals surface area contributed by atoms with E-state index in [1.807, 2.05) is 0 Å². The average molecular weight is 285 g/mol. The zero-order valence-corrected chi connectivity index (χ0v) is 12.4. The van der Waals surface area contributed by atoms with E-state index >= 15 is 0 Å².